The van der Waals surface area contributed by atoms with Crippen molar-refractivity contribution in [1.82, 2.24) is 24.8 Å². The second-order valence-corrected chi connectivity index (χ2v) is 9.02. The Kier molecular flexibility index (Phi) is 6.34. The zero-order valence-corrected chi connectivity index (χ0v) is 20.8. The molecular weight excluding hydrogens is 497 g/mol. The van der Waals surface area contributed by atoms with E-state index in [1.54, 1.807) is 24.0 Å². The molecule has 0 aliphatic carbocycles. The van der Waals surface area contributed by atoms with Gasteiger partial charge in [0, 0.05) is 23.6 Å². The van der Waals surface area contributed by atoms with Crippen LogP contribution in [0.2, 0.25) is 5.02 Å². The van der Waals surface area contributed by atoms with Gasteiger partial charge in [-0.1, -0.05) is 35.9 Å². The maximum atomic E-state index is 14.5. The minimum Gasteiger partial charge on any atom is -0.478 e. The second kappa shape index (κ2) is 9.62. The summed E-state index contributed by atoms with van der Waals surface area (Å²) in [6.45, 7) is 1.93. The summed E-state index contributed by atoms with van der Waals surface area (Å²) in [6.07, 6.45) is 1.76. The molecule has 188 valence electrons. The van der Waals surface area contributed by atoms with Gasteiger partial charge in [-0.05, 0) is 36.2 Å². The number of aryl methyl sites for hydroxylation is 1. The van der Waals surface area contributed by atoms with Crippen molar-refractivity contribution in [3.8, 4) is 17.1 Å². The fourth-order valence-corrected chi connectivity index (χ4v) is 4.83. The van der Waals surface area contributed by atoms with E-state index in [-0.39, 0.29) is 30.1 Å². The third kappa shape index (κ3) is 4.51. The lowest BCUT2D eigenvalue weighted by Gasteiger charge is -2.38. The molecule has 2 aromatic carbocycles. The van der Waals surface area contributed by atoms with Crippen LogP contribution in [-0.4, -0.2) is 37.9 Å². The highest BCUT2D eigenvalue weighted by molar-refractivity contribution is 6.31. The zero-order valence-electron chi connectivity index (χ0n) is 20.1. The molecule has 2 aromatic heterocycles. The summed E-state index contributed by atoms with van der Waals surface area (Å²) in [6, 6.07) is 11.1. The van der Waals surface area contributed by atoms with Crippen LogP contribution in [0.15, 0.2) is 48.7 Å². The summed E-state index contributed by atoms with van der Waals surface area (Å²) in [5, 5.41) is 0.526. The largest absolute Gasteiger partial charge is 0.478 e. The third-order valence-electron chi connectivity index (χ3n) is 6.33. The van der Waals surface area contributed by atoms with Crippen LogP contribution in [0.25, 0.3) is 11.3 Å². The van der Waals surface area contributed by atoms with Gasteiger partial charge in [-0.3, -0.25) is 4.79 Å². The number of nitrogen functional groups attached to an aromatic ring is 2. The molecule has 0 spiro atoms. The van der Waals surface area contributed by atoms with E-state index in [4.69, 9.17) is 27.8 Å². The van der Waals surface area contributed by atoms with E-state index in [0.29, 0.717) is 45.2 Å². The van der Waals surface area contributed by atoms with Crippen molar-refractivity contribution in [2.45, 2.75) is 25.9 Å². The predicted octanol–water partition coefficient (Wildman–Crippen LogP) is 4.15. The first-order valence-electron chi connectivity index (χ1n) is 11.4. The molecule has 9 nitrogen and oxygen atoms in total. The van der Waals surface area contributed by atoms with Crippen LogP contribution in [0, 0.1) is 12.7 Å². The Balaban J connectivity index is 1.70. The number of nitrogens with two attached hydrogens (primary N) is 2. The van der Waals surface area contributed by atoms with Crippen molar-refractivity contribution in [3.05, 3.63) is 87.6 Å². The number of nitrogens with zero attached hydrogens (tertiary/aromatic N) is 5. The highest BCUT2D eigenvalue weighted by Gasteiger charge is 2.37. The molecule has 1 unspecified atom stereocenters. The molecule has 4 aromatic rings. The number of hydrogen-bond donors (Lipinski definition) is 2. The molecule has 11 heteroatoms. The zero-order chi connectivity index (χ0) is 26.3. The Morgan fingerprint density at radius 1 is 1.16 bits per heavy atom. The van der Waals surface area contributed by atoms with Crippen LogP contribution in [0.4, 0.5) is 16.2 Å². The van der Waals surface area contributed by atoms with Gasteiger partial charge < -0.3 is 21.1 Å². The summed E-state index contributed by atoms with van der Waals surface area (Å²) in [7, 11) is 1.42. The number of aromatic nitrogens is 4. The standard InChI is InChI=1S/C26H23ClFN7O2/c1-13-22-19(34-26(30)32-13)10-21(35(25(22)36)12-14-5-3-4-6-18(14)27)16-8-7-15(28)9-17(16)20-11-31-23(29)24(33-20)37-2/h3-9,11,21H,10,12H2,1-2H3,(H2,29,31)(H2,30,32,34). The summed E-state index contributed by atoms with van der Waals surface area (Å²) in [4.78, 5) is 32.8. The number of carbonyl (C=O) groups excluding carboxylic acids is 1. The van der Waals surface area contributed by atoms with Crippen LogP contribution in [-0.2, 0) is 13.0 Å². The number of hydrogen-bond acceptors (Lipinski definition) is 8. The topological polar surface area (TPSA) is 133 Å². The van der Waals surface area contributed by atoms with Crippen molar-refractivity contribution in [2.75, 3.05) is 18.6 Å². The van der Waals surface area contributed by atoms with Gasteiger partial charge in [0.2, 0.25) is 5.95 Å². The van der Waals surface area contributed by atoms with Crippen molar-refractivity contribution >= 4 is 29.3 Å². The SMILES string of the molecule is COc1nc(-c2cc(F)ccc2C2Cc3nc(N)nc(C)c3C(=O)N2Cc2ccccc2Cl)cnc1N. The van der Waals surface area contributed by atoms with E-state index in [0.717, 1.165) is 5.56 Å². The molecule has 0 radical (unpaired) electrons. The van der Waals surface area contributed by atoms with Gasteiger partial charge in [-0.2, -0.15) is 0 Å². The van der Waals surface area contributed by atoms with Crippen LogP contribution >= 0.6 is 11.6 Å². The van der Waals surface area contributed by atoms with Crippen molar-refractivity contribution in [1.29, 1.82) is 0 Å². The number of ether oxygens (including phenoxy) is 1. The van der Waals surface area contributed by atoms with Crippen molar-refractivity contribution < 1.29 is 13.9 Å². The molecule has 0 saturated carbocycles. The number of methoxy groups -OCH3 is 1. The molecule has 0 bridgehead atoms. The highest BCUT2D eigenvalue weighted by atomic mass is 35.5. The molecule has 0 fully saturated rings. The molecule has 37 heavy (non-hydrogen) atoms. The van der Waals surface area contributed by atoms with E-state index >= 15 is 0 Å². The number of fused-ring (bicyclic) bond motifs is 1. The van der Waals surface area contributed by atoms with E-state index in [1.165, 1.54) is 25.4 Å². The summed E-state index contributed by atoms with van der Waals surface area (Å²) < 4.78 is 19.8. The molecule has 1 atom stereocenters. The monoisotopic (exact) mass is 519 g/mol. The quantitative estimate of drug-likeness (QED) is 0.402. The van der Waals surface area contributed by atoms with Crippen LogP contribution in [0.5, 0.6) is 5.88 Å². The number of halogens is 2. The third-order valence-corrected chi connectivity index (χ3v) is 6.70. The normalized spacial score (nSPS) is 15.0. The maximum Gasteiger partial charge on any atom is 0.258 e. The van der Waals surface area contributed by atoms with E-state index in [2.05, 4.69) is 19.9 Å². The molecule has 4 N–H and O–H groups in total. The predicted molar refractivity (Wildman–Crippen MR) is 137 cm³/mol. The summed E-state index contributed by atoms with van der Waals surface area (Å²) in [5.41, 5.74) is 15.4. The minimum atomic E-state index is -0.550. The number of amides is 1. The lowest BCUT2D eigenvalue weighted by atomic mass is 9.88. The lowest BCUT2D eigenvalue weighted by Crippen LogP contribution is -2.41. The average Bonchev–Trinajstić information content (AvgIpc) is 2.86. The molecular formula is C26H23ClFN7O2. The number of benzene rings is 2. The van der Waals surface area contributed by atoms with Crippen LogP contribution in [0.1, 0.15) is 38.9 Å². The van der Waals surface area contributed by atoms with Gasteiger partial charge in [0.05, 0.1) is 42.0 Å². The van der Waals surface area contributed by atoms with Crippen LogP contribution in [0.3, 0.4) is 0 Å². The molecule has 0 saturated heterocycles. The fraction of sp³-hybridized carbons (Fsp3) is 0.192. The van der Waals surface area contributed by atoms with Gasteiger partial charge in [0.1, 0.15) is 5.82 Å². The Bertz CT molecular complexity index is 1530. The van der Waals surface area contributed by atoms with Crippen molar-refractivity contribution in [3.63, 3.8) is 0 Å². The number of carbonyl (C=O) groups is 1. The Morgan fingerprint density at radius 3 is 2.70 bits per heavy atom. The fourth-order valence-electron chi connectivity index (χ4n) is 4.63. The van der Waals surface area contributed by atoms with E-state index < -0.39 is 11.9 Å². The molecule has 1 aliphatic heterocycles. The molecule has 1 aliphatic rings. The van der Waals surface area contributed by atoms with E-state index in [9.17, 15) is 9.18 Å². The number of rotatable bonds is 5. The van der Waals surface area contributed by atoms with Gasteiger partial charge in [-0.15, -0.1) is 0 Å². The Labute approximate surface area is 217 Å². The van der Waals surface area contributed by atoms with Gasteiger partial charge in [-0.25, -0.2) is 24.3 Å². The van der Waals surface area contributed by atoms with Gasteiger partial charge >= 0.3 is 0 Å². The average molecular weight is 520 g/mol. The highest BCUT2D eigenvalue weighted by Crippen LogP contribution is 2.40. The Morgan fingerprint density at radius 2 is 1.95 bits per heavy atom. The van der Waals surface area contributed by atoms with Gasteiger partial charge in [0.15, 0.2) is 5.82 Å². The van der Waals surface area contributed by atoms with Gasteiger partial charge in [0.25, 0.3) is 11.8 Å². The first-order chi connectivity index (χ1) is 17.8. The number of anilines is 2. The molecule has 3 heterocycles. The summed E-state index contributed by atoms with van der Waals surface area (Å²) in [5.74, 6) is -0.453. The second-order valence-electron chi connectivity index (χ2n) is 8.61. The lowest BCUT2D eigenvalue weighted by molar-refractivity contribution is 0.0625. The minimum absolute atomic E-state index is 0.0795. The maximum absolute atomic E-state index is 14.5. The summed E-state index contributed by atoms with van der Waals surface area (Å²) >= 11 is 6.46. The Hall–Kier alpha value is -4.31. The molecule has 1 amide bonds. The first kappa shape index (κ1) is 24.4. The molecule has 5 rings (SSSR count). The smallest absolute Gasteiger partial charge is 0.258 e. The van der Waals surface area contributed by atoms with Crippen molar-refractivity contribution in [2.24, 2.45) is 0 Å². The van der Waals surface area contributed by atoms with Crippen LogP contribution < -0.4 is 16.2 Å². The van der Waals surface area contributed by atoms with E-state index in [1.807, 2.05) is 18.2 Å². The first-order valence-corrected chi connectivity index (χ1v) is 11.8.